The Morgan fingerprint density at radius 1 is 1.36 bits per heavy atom. The van der Waals surface area contributed by atoms with Crippen LogP contribution in [0.2, 0.25) is 0 Å². The minimum absolute atomic E-state index is 0.0602. The maximum absolute atomic E-state index is 12.5. The minimum Gasteiger partial charge on any atom is -0.463 e. The van der Waals surface area contributed by atoms with Crippen LogP contribution < -0.4 is 0 Å². The first-order valence-corrected chi connectivity index (χ1v) is 6.14. The van der Waals surface area contributed by atoms with Gasteiger partial charge in [0.2, 0.25) is 0 Å². The predicted molar refractivity (Wildman–Crippen MR) is 67.8 cm³/mol. The molecule has 22 heavy (non-hydrogen) atoms. The van der Waals surface area contributed by atoms with E-state index in [2.05, 4.69) is 14.8 Å². The van der Waals surface area contributed by atoms with Gasteiger partial charge in [0.1, 0.15) is 6.33 Å². The Morgan fingerprint density at radius 2 is 2.00 bits per heavy atom. The number of hydrogen-bond acceptors (Lipinski definition) is 5. The first kappa shape index (κ1) is 16.0. The van der Waals surface area contributed by atoms with E-state index in [4.69, 9.17) is 0 Å². The van der Waals surface area contributed by atoms with E-state index in [-0.39, 0.29) is 12.4 Å². The molecule has 1 heterocycles. The normalized spacial score (nSPS) is 13.0. The predicted octanol–water partition coefficient (Wildman–Crippen LogP) is 1.82. The SMILES string of the molecule is COC(=O)c1ncn(CC(O)c2ccc(C(F)(F)F)cc2)n1. The van der Waals surface area contributed by atoms with Crippen molar-refractivity contribution in [2.75, 3.05) is 7.11 Å². The molecular formula is C13H12F3N3O3. The Labute approximate surface area is 123 Å². The van der Waals surface area contributed by atoms with E-state index in [0.717, 1.165) is 12.1 Å². The lowest BCUT2D eigenvalue weighted by Gasteiger charge is -2.12. The van der Waals surface area contributed by atoms with Crippen molar-refractivity contribution in [2.45, 2.75) is 18.8 Å². The quantitative estimate of drug-likeness (QED) is 0.871. The molecule has 1 N–H and O–H groups in total. The highest BCUT2D eigenvalue weighted by atomic mass is 19.4. The lowest BCUT2D eigenvalue weighted by molar-refractivity contribution is -0.137. The van der Waals surface area contributed by atoms with E-state index < -0.39 is 23.8 Å². The molecular weight excluding hydrogens is 303 g/mol. The van der Waals surface area contributed by atoms with E-state index in [0.29, 0.717) is 5.56 Å². The molecule has 0 saturated carbocycles. The molecule has 0 aliphatic carbocycles. The Bertz CT molecular complexity index is 653. The summed E-state index contributed by atoms with van der Waals surface area (Å²) in [5.41, 5.74) is -0.500. The molecule has 1 unspecified atom stereocenters. The summed E-state index contributed by atoms with van der Waals surface area (Å²) in [7, 11) is 1.18. The number of hydrogen-bond donors (Lipinski definition) is 1. The highest BCUT2D eigenvalue weighted by molar-refractivity contribution is 5.84. The van der Waals surface area contributed by atoms with Crippen LogP contribution in [-0.4, -0.2) is 33.0 Å². The molecule has 0 amide bonds. The van der Waals surface area contributed by atoms with Crippen molar-refractivity contribution < 1.29 is 27.8 Å². The fourth-order valence-corrected chi connectivity index (χ4v) is 1.74. The molecule has 1 aromatic carbocycles. The van der Waals surface area contributed by atoms with E-state index >= 15 is 0 Å². The highest BCUT2D eigenvalue weighted by Crippen LogP contribution is 2.30. The molecule has 2 rings (SSSR count). The second-order valence-corrected chi connectivity index (χ2v) is 4.42. The zero-order valence-corrected chi connectivity index (χ0v) is 11.4. The largest absolute Gasteiger partial charge is 0.463 e. The van der Waals surface area contributed by atoms with Crippen molar-refractivity contribution in [2.24, 2.45) is 0 Å². The van der Waals surface area contributed by atoms with Gasteiger partial charge < -0.3 is 9.84 Å². The summed E-state index contributed by atoms with van der Waals surface area (Å²) >= 11 is 0. The number of benzene rings is 1. The van der Waals surface area contributed by atoms with E-state index in [1.807, 2.05) is 0 Å². The minimum atomic E-state index is -4.43. The molecule has 0 aliphatic heterocycles. The van der Waals surface area contributed by atoms with Crippen LogP contribution in [0.15, 0.2) is 30.6 Å². The molecule has 0 bridgehead atoms. The molecule has 1 atom stereocenters. The van der Waals surface area contributed by atoms with Gasteiger partial charge in [-0.1, -0.05) is 12.1 Å². The smallest absolute Gasteiger partial charge is 0.416 e. The first-order valence-electron chi connectivity index (χ1n) is 6.14. The van der Waals surface area contributed by atoms with Gasteiger partial charge in [-0.05, 0) is 17.7 Å². The number of aromatic nitrogens is 3. The summed E-state index contributed by atoms with van der Waals surface area (Å²) in [6, 6.07) is 4.15. The third-order valence-corrected chi connectivity index (χ3v) is 2.89. The number of alkyl halides is 3. The van der Waals surface area contributed by atoms with Crippen LogP contribution in [0.3, 0.4) is 0 Å². The number of carbonyl (C=O) groups excluding carboxylic acids is 1. The zero-order valence-electron chi connectivity index (χ0n) is 11.4. The number of aliphatic hydroxyl groups is 1. The van der Waals surface area contributed by atoms with Crippen molar-refractivity contribution in [1.82, 2.24) is 14.8 Å². The van der Waals surface area contributed by atoms with Crippen molar-refractivity contribution in [1.29, 1.82) is 0 Å². The van der Waals surface area contributed by atoms with Crippen molar-refractivity contribution in [3.8, 4) is 0 Å². The second-order valence-electron chi connectivity index (χ2n) is 4.42. The molecule has 0 radical (unpaired) electrons. The molecule has 118 valence electrons. The standard InChI is InChI=1S/C13H12F3N3O3/c1-22-12(21)11-17-7-19(18-11)6-10(20)8-2-4-9(5-3-8)13(14,15)16/h2-5,7,10,20H,6H2,1H3. The number of aliphatic hydroxyl groups excluding tert-OH is 1. The summed E-state index contributed by atoms with van der Waals surface area (Å²) in [5, 5.41) is 13.8. The topological polar surface area (TPSA) is 77.2 Å². The van der Waals surface area contributed by atoms with Crippen molar-refractivity contribution in [3.05, 3.63) is 47.5 Å². The van der Waals surface area contributed by atoms with Gasteiger partial charge >= 0.3 is 12.1 Å². The van der Waals surface area contributed by atoms with Crippen LogP contribution in [0.5, 0.6) is 0 Å². The van der Waals surface area contributed by atoms with Crippen molar-refractivity contribution in [3.63, 3.8) is 0 Å². The molecule has 0 saturated heterocycles. The Morgan fingerprint density at radius 3 is 2.55 bits per heavy atom. The van der Waals surface area contributed by atoms with Gasteiger partial charge in [-0.3, -0.25) is 0 Å². The maximum Gasteiger partial charge on any atom is 0.416 e. The van der Waals surface area contributed by atoms with E-state index in [1.54, 1.807) is 0 Å². The van der Waals surface area contributed by atoms with Gasteiger partial charge in [-0.25, -0.2) is 14.5 Å². The molecule has 0 fully saturated rings. The van der Waals surface area contributed by atoms with E-state index in [9.17, 15) is 23.1 Å². The van der Waals surface area contributed by atoms with E-state index in [1.165, 1.54) is 30.3 Å². The first-order chi connectivity index (χ1) is 10.3. The van der Waals surface area contributed by atoms with Gasteiger partial charge in [-0.2, -0.15) is 13.2 Å². The maximum atomic E-state index is 12.5. The number of halogens is 3. The fraction of sp³-hybridized carbons (Fsp3) is 0.308. The van der Waals surface area contributed by atoms with Crippen molar-refractivity contribution >= 4 is 5.97 Å². The number of rotatable bonds is 4. The van der Waals surface area contributed by atoms with Crippen LogP contribution in [0.1, 0.15) is 27.8 Å². The van der Waals surface area contributed by atoms with Crippen LogP contribution in [0.4, 0.5) is 13.2 Å². The summed E-state index contributed by atoms with van der Waals surface area (Å²) < 4.78 is 43.0. The van der Waals surface area contributed by atoms with Gasteiger partial charge in [0.15, 0.2) is 0 Å². The lowest BCUT2D eigenvalue weighted by Crippen LogP contribution is -2.11. The summed E-state index contributed by atoms with van der Waals surface area (Å²) in [5.74, 6) is -0.884. The lowest BCUT2D eigenvalue weighted by atomic mass is 10.1. The van der Waals surface area contributed by atoms with Crippen LogP contribution in [0.25, 0.3) is 0 Å². The van der Waals surface area contributed by atoms with Gasteiger partial charge in [0.05, 0.1) is 25.3 Å². The molecule has 9 heteroatoms. The van der Waals surface area contributed by atoms with Gasteiger partial charge in [0.25, 0.3) is 5.82 Å². The molecule has 2 aromatic rings. The average molecular weight is 315 g/mol. The highest BCUT2D eigenvalue weighted by Gasteiger charge is 2.30. The molecule has 6 nitrogen and oxygen atoms in total. The summed E-state index contributed by atoms with van der Waals surface area (Å²) in [6.07, 6.45) is -4.29. The Balaban J connectivity index is 2.07. The summed E-state index contributed by atoms with van der Waals surface area (Å²) in [4.78, 5) is 14.9. The third-order valence-electron chi connectivity index (χ3n) is 2.89. The number of carbonyl (C=O) groups is 1. The van der Waals surface area contributed by atoms with Crippen LogP contribution in [0, 0.1) is 0 Å². The average Bonchev–Trinajstić information content (AvgIpc) is 2.94. The Kier molecular flexibility index (Phi) is 4.45. The zero-order chi connectivity index (χ0) is 16.3. The summed E-state index contributed by atoms with van der Waals surface area (Å²) in [6.45, 7) is -0.0602. The molecule has 0 spiro atoms. The van der Waals surface area contributed by atoms with Gasteiger partial charge in [0, 0.05) is 0 Å². The number of nitrogens with zero attached hydrogens (tertiary/aromatic N) is 3. The molecule has 0 aliphatic rings. The van der Waals surface area contributed by atoms with Crippen LogP contribution >= 0.6 is 0 Å². The number of methoxy groups -OCH3 is 1. The monoisotopic (exact) mass is 315 g/mol. The van der Waals surface area contributed by atoms with Crippen LogP contribution in [-0.2, 0) is 17.5 Å². The molecule has 1 aromatic heterocycles. The second kappa shape index (κ2) is 6.14. The van der Waals surface area contributed by atoms with Gasteiger partial charge in [-0.15, -0.1) is 5.10 Å². The number of ether oxygens (including phenoxy) is 1. The third kappa shape index (κ3) is 3.61. The fourth-order valence-electron chi connectivity index (χ4n) is 1.74. The Hall–Kier alpha value is -2.42. The number of esters is 1.